The molecular weight excluding hydrogens is 406 g/mol. The summed E-state index contributed by atoms with van der Waals surface area (Å²) in [6.45, 7) is 0.902. The van der Waals surface area contributed by atoms with Crippen LogP contribution in [0.3, 0.4) is 0 Å². The Balaban J connectivity index is 1.81. The fourth-order valence-corrected chi connectivity index (χ4v) is 3.58. The summed E-state index contributed by atoms with van der Waals surface area (Å²) in [5.74, 6) is -1.43. The zero-order chi connectivity index (χ0) is 22.7. The number of aliphatic carboxylic acids is 1. The van der Waals surface area contributed by atoms with Crippen molar-refractivity contribution in [2.24, 2.45) is 4.99 Å². The Morgan fingerprint density at radius 2 is 1.59 bits per heavy atom. The summed E-state index contributed by atoms with van der Waals surface area (Å²) in [6, 6.07) is 23.8. The fourth-order valence-electron chi connectivity index (χ4n) is 3.58. The van der Waals surface area contributed by atoms with E-state index in [0.29, 0.717) is 22.6 Å². The number of hydrogen-bond acceptors (Lipinski definition) is 4. The smallest absolute Gasteiger partial charge is 0.323 e. The average Bonchev–Trinajstić information content (AvgIpc) is 3.12. The molecule has 0 aliphatic carbocycles. The summed E-state index contributed by atoms with van der Waals surface area (Å²) in [5, 5.41) is 20.6. The number of aromatic nitrogens is 1. The number of para-hydroxylation sites is 1. The van der Waals surface area contributed by atoms with Crippen LogP contribution in [0.4, 0.5) is 11.4 Å². The van der Waals surface area contributed by atoms with Crippen LogP contribution in [0.5, 0.6) is 5.88 Å². The Kier molecular flexibility index (Phi) is 5.72. The van der Waals surface area contributed by atoms with E-state index in [1.807, 2.05) is 54.6 Å². The van der Waals surface area contributed by atoms with Crippen LogP contribution in [-0.2, 0) is 9.59 Å². The van der Waals surface area contributed by atoms with Crippen LogP contribution in [-0.4, -0.2) is 39.3 Å². The highest BCUT2D eigenvalue weighted by atomic mass is 16.4. The van der Waals surface area contributed by atoms with Crippen molar-refractivity contribution in [3.63, 3.8) is 0 Å². The van der Waals surface area contributed by atoms with Gasteiger partial charge >= 0.3 is 5.97 Å². The zero-order valence-corrected chi connectivity index (χ0v) is 17.3. The number of carbonyl (C=O) groups excluding carboxylic acids is 1. The van der Waals surface area contributed by atoms with Gasteiger partial charge in [-0.05, 0) is 30.3 Å². The largest absolute Gasteiger partial charge is 0.494 e. The third-order valence-electron chi connectivity index (χ3n) is 5.05. The fraction of sp³-hybridized carbons (Fsp3) is 0.0800. The maximum atomic E-state index is 11.8. The molecule has 7 heteroatoms. The standard InChI is InChI=1S/C25H21N3O4/c1-16(29)28(15-22(30)31)19-13-11-18(12-14-19)26-24(17-7-3-2-4-8-17)23-20-9-5-6-10-21(20)27-25(23)32/h2-14,27,32H,15H2,1H3,(H,30,31). The zero-order valence-electron chi connectivity index (χ0n) is 17.3. The van der Waals surface area contributed by atoms with Crippen LogP contribution < -0.4 is 4.90 Å². The molecule has 1 aromatic heterocycles. The van der Waals surface area contributed by atoms with E-state index in [-0.39, 0.29) is 11.8 Å². The van der Waals surface area contributed by atoms with Crippen molar-refractivity contribution in [2.75, 3.05) is 11.4 Å². The lowest BCUT2D eigenvalue weighted by atomic mass is 10.0. The molecule has 0 saturated carbocycles. The first-order chi connectivity index (χ1) is 15.4. The molecule has 4 rings (SSSR count). The number of nitrogens with one attached hydrogen (secondary N) is 1. The second-order valence-electron chi connectivity index (χ2n) is 7.24. The van der Waals surface area contributed by atoms with E-state index >= 15 is 0 Å². The molecule has 0 bridgehead atoms. The minimum Gasteiger partial charge on any atom is -0.494 e. The number of aromatic amines is 1. The number of hydrogen-bond donors (Lipinski definition) is 3. The second kappa shape index (κ2) is 8.77. The van der Waals surface area contributed by atoms with E-state index in [1.165, 1.54) is 11.8 Å². The number of aliphatic imine (C=N–C) groups is 1. The number of aromatic hydroxyl groups is 1. The number of carbonyl (C=O) groups is 2. The molecule has 1 amide bonds. The number of anilines is 1. The summed E-state index contributed by atoms with van der Waals surface area (Å²) in [4.78, 5) is 31.9. The van der Waals surface area contributed by atoms with Gasteiger partial charge in [0.25, 0.3) is 0 Å². The topological polar surface area (TPSA) is 106 Å². The molecule has 3 aromatic carbocycles. The molecule has 3 N–H and O–H groups in total. The number of carboxylic acids is 1. The Morgan fingerprint density at radius 3 is 2.25 bits per heavy atom. The van der Waals surface area contributed by atoms with Crippen molar-refractivity contribution in [1.82, 2.24) is 4.98 Å². The molecule has 0 radical (unpaired) electrons. The van der Waals surface area contributed by atoms with Crippen molar-refractivity contribution in [2.45, 2.75) is 6.92 Å². The lowest BCUT2D eigenvalue weighted by Gasteiger charge is -2.18. The Bertz CT molecular complexity index is 1310. The summed E-state index contributed by atoms with van der Waals surface area (Å²) < 4.78 is 0. The minimum atomic E-state index is -1.09. The van der Waals surface area contributed by atoms with Crippen LogP contribution >= 0.6 is 0 Å². The Hall–Kier alpha value is -4.39. The number of benzene rings is 3. The van der Waals surface area contributed by atoms with Gasteiger partial charge in [0.1, 0.15) is 6.54 Å². The van der Waals surface area contributed by atoms with E-state index in [4.69, 9.17) is 10.1 Å². The second-order valence-corrected chi connectivity index (χ2v) is 7.24. The summed E-state index contributed by atoms with van der Waals surface area (Å²) in [7, 11) is 0. The van der Waals surface area contributed by atoms with Gasteiger partial charge in [0.05, 0.1) is 17.0 Å². The highest BCUT2D eigenvalue weighted by Crippen LogP contribution is 2.31. The SMILES string of the molecule is CC(=O)N(CC(=O)O)c1ccc(N=C(c2ccccc2)c2c(O)[nH]c3ccccc23)cc1. The van der Waals surface area contributed by atoms with E-state index < -0.39 is 12.5 Å². The number of amides is 1. The third kappa shape index (κ3) is 4.22. The van der Waals surface area contributed by atoms with Crippen molar-refractivity contribution in [3.05, 3.63) is 90.0 Å². The molecule has 32 heavy (non-hydrogen) atoms. The summed E-state index contributed by atoms with van der Waals surface area (Å²) in [5.41, 5.74) is 3.86. The van der Waals surface area contributed by atoms with Gasteiger partial charge in [0, 0.05) is 29.1 Å². The van der Waals surface area contributed by atoms with Crippen molar-refractivity contribution >= 4 is 39.9 Å². The molecule has 7 nitrogen and oxygen atoms in total. The molecular formula is C25H21N3O4. The molecule has 0 unspecified atom stereocenters. The van der Waals surface area contributed by atoms with Crippen LogP contribution in [0, 0.1) is 0 Å². The van der Waals surface area contributed by atoms with E-state index in [9.17, 15) is 14.7 Å². The molecule has 0 aliphatic rings. The van der Waals surface area contributed by atoms with Gasteiger partial charge < -0.3 is 20.1 Å². The molecule has 4 aromatic rings. The highest BCUT2D eigenvalue weighted by Gasteiger charge is 2.19. The number of fused-ring (bicyclic) bond motifs is 1. The van der Waals surface area contributed by atoms with Crippen molar-refractivity contribution in [3.8, 4) is 5.88 Å². The summed E-state index contributed by atoms with van der Waals surface area (Å²) >= 11 is 0. The van der Waals surface area contributed by atoms with Crippen LogP contribution in [0.1, 0.15) is 18.1 Å². The first kappa shape index (κ1) is 20.9. The number of nitrogens with zero attached hydrogens (tertiary/aromatic N) is 2. The van der Waals surface area contributed by atoms with Gasteiger partial charge in [-0.1, -0.05) is 48.5 Å². The average molecular weight is 427 g/mol. The monoisotopic (exact) mass is 427 g/mol. The van der Waals surface area contributed by atoms with Gasteiger partial charge in [-0.15, -0.1) is 0 Å². The van der Waals surface area contributed by atoms with E-state index in [2.05, 4.69) is 4.98 Å². The molecule has 1 heterocycles. The Morgan fingerprint density at radius 1 is 0.938 bits per heavy atom. The van der Waals surface area contributed by atoms with Crippen LogP contribution in [0.2, 0.25) is 0 Å². The lowest BCUT2D eigenvalue weighted by Crippen LogP contribution is -2.33. The molecule has 160 valence electrons. The molecule has 0 fully saturated rings. The first-order valence-corrected chi connectivity index (χ1v) is 9.98. The van der Waals surface area contributed by atoms with E-state index in [1.54, 1.807) is 24.3 Å². The Labute approximate surface area is 184 Å². The third-order valence-corrected chi connectivity index (χ3v) is 5.05. The van der Waals surface area contributed by atoms with Gasteiger partial charge in [-0.2, -0.15) is 0 Å². The van der Waals surface area contributed by atoms with Gasteiger partial charge in [0.15, 0.2) is 5.88 Å². The van der Waals surface area contributed by atoms with Crippen LogP contribution in [0.25, 0.3) is 10.9 Å². The predicted molar refractivity (Wildman–Crippen MR) is 124 cm³/mol. The maximum Gasteiger partial charge on any atom is 0.323 e. The normalized spacial score (nSPS) is 11.5. The number of rotatable bonds is 6. The van der Waals surface area contributed by atoms with Crippen molar-refractivity contribution < 1.29 is 19.8 Å². The molecule has 0 spiro atoms. The highest BCUT2D eigenvalue weighted by molar-refractivity contribution is 6.21. The van der Waals surface area contributed by atoms with Crippen molar-refractivity contribution in [1.29, 1.82) is 0 Å². The van der Waals surface area contributed by atoms with Gasteiger partial charge in [-0.25, -0.2) is 4.99 Å². The maximum absolute atomic E-state index is 11.8. The molecule has 0 aliphatic heterocycles. The first-order valence-electron chi connectivity index (χ1n) is 9.98. The number of H-pyrrole nitrogens is 1. The number of carboxylic acid groups (broad SMARTS) is 1. The van der Waals surface area contributed by atoms with Gasteiger partial charge in [0.2, 0.25) is 5.91 Å². The summed E-state index contributed by atoms with van der Waals surface area (Å²) in [6.07, 6.45) is 0. The van der Waals surface area contributed by atoms with E-state index in [0.717, 1.165) is 16.5 Å². The quantitative estimate of drug-likeness (QED) is 0.395. The molecule has 0 saturated heterocycles. The van der Waals surface area contributed by atoms with Crippen LogP contribution in [0.15, 0.2) is 83.9 Å². The molecule has 0 atom stereocenters. The predicted octanol–water partition coefficient (Wildman–Crippen LogP) is 4.48. The minimum absolute atomic E-state index is 0.0228. The van der Waals surface area contributed by atoms with Gasteiger partial charge in [-0.3, -0.25) is 9.59 Å². The lowest BCUT2D eigenvalue weighted by molar-refractivity contribution is -0.136.